The first-order valence-electron chi connectivity index (χ1n) is 5.50. The maximum absolute atomic E-state index is 9.56. The van der Waals surface area contributed by atoms with Crippen LogP contribution in [0.1, 0.15) is 16.8 Å². The number of hydrogen-bond donors (Lipinski definition) is 1. The van der Waals surface area contributed by atoms with Crippen molar-refractivity contribution in [2.45, 2.75) is 20.5 Å². The van der Waals surface area contributed by atoms with Crippen LogP contribution in [0.25, 0.3) is 0 Å². The van der Waals surface area contributed by atoms with Gasteiger partial charge < -0.3 is 9.84 Å². The van der Waals surface area contributed by atoms with Crippen molar-refractivity contribution in [1.29, 1.82) is 0 Å². The Morgan fingerprint density at radius 3 is 2.76 bits per heavy atom. The van der Waals surface area contributed by atoms with Crippen LogP contribution in [0.15, 0.2) is 36.5 Å². The van der Waals surface area contributed by atoms with E-state index < -0.39 is 0 Å². The van der Waals surface area contributed by atoms with Crippen molar-refractivity contribution in [1.82, 2.24) is 4.98 Å². The van der Waals surface area contributed by atoms with E-state index in [9.17, 15) is 5.11 Å². The van der Waals surface area contributed by atoms with E-state index in [0.717, 1.165) is 16.8 Å². The van der Waals surface area contributed by atoms with E-state index in [1.165, 1.54) is 0 Å². The summed E-state index contributed by atoms with van der Waals surface area (Å²) in [6.45, 7) is 4.24. The van der Waals surface area contributed by atoms with Gasteiger partial charge in [-0.2, -0.15) is 0 Å². The summed E-state index contributed by atoms with van der Waals surface area (Å²) in [5, 5.41) is 9.56. The van der Waals surface area contributed by atoms with E-state index >= 15 is 0 Å². The summed E-state index contributed by atoms with van der Waals surface area (Å²) in [6.07, 6.45) is 1.75. The van der Waals surface area contributed by atoms with Gasteiger partial charge in [-0.1, -0.05) is 12.1 Å². The van der Waals surface area contributed by atoms with Crippen LogP contribution < -0.4 is 4.74 Å². The van der Waals surface area contributed by atoms with Gasteiger partial charge in [0.1, 0.15) is 18.1 Å². The second kappa shape index (κ2) is 4.87. The number of phenols is 1. The molecular formula is C14H15NO2. The van der Waals surface area contributed by atoms with Gasteiger partial charge >= 0.3 is 0 Å². The smallest absolute Gasteiger partial charge is 0.130 e. The molecule has 88 valence electrons. The van der Waals surface area contributed by atoms with Crippen LogP contribution in [0.2, 0.25) is 0 Å². The molecule has 0 unspecified atom stereocenters. The van der Waals surface area contributed by atoms with Gasteiger partial charge in [0.15, 0.2) is 0 Å². The van der Waals surface area contributed by atoms with Crippen molar-refractivity contribution in [3.05, 3.63) is 53.3 Å². The van der Waals surface area contributed by atoms with Gasteiger partial charge in [0.05, 0.1) is 5.69 Å². The normalized spacial score (nSPS) is 10.2. The zero-order chi connectivity index (χ0) is 12.3. The van der Waals surface area contributed by atoms with Crippen molar-refractivity contribution >= 4 is 0 Å². The number of aryl methyl sites for hydroxylation is 1. The van der Waals surface area contributed by atoms with E-state index in [1.54, 1.807) is 18.3 Å². The molecule has 1 aromatic heterocycles. The fourth-order valence-corrected chi connectivity index (χ4v) is 1.57. The van der Waals surface area contributed by atoms with Crippen LogP contribution in [0.4, 0.5) is 0 Å². The third-order valence-electron chi connectivity index (χ3n) is 2.74. The molecule has 0 saturated carbocycles. The molecule has 1 aromatic carbocycles. The quantitative estimate of drug-likeness (QED) is 0.879. The van der Waals surface area contributed by atoms with Crippen LogP contribution in [-0.4, -0.2) is 10.1 Å². The maximum atomic E-state index is 9.56. The monoisotopic (exact) mass is 229 g/mol. The Labute approximate surface area is 101 Å². The first-order valence-corrected chi connectivity index (χ1v) is 5.50. The van der Waals surface area contributed by atoms with Gasteiger partial charge in [-0.15, -0.1) is 0 Å². The third-order valence-corrected chi connectivity index (χ3v) is 2.74. The summed E-state index contributed by atoms with van der Waals surface area (Å²) in [6, 6.07) is 9.16. The summed E-state index contributed by atoms with van der Waals surface area (Å²) in [5.41, 5.74) is 2.77. The van der Waals surface area contributed by atoms with Gasteiger partial charge in [-0.3, -0.25) is 4.98 Å². The first-order chi connectivity index (χ1) is 8.18. The largest absolute Gasteiger partial charge is 0.508 e. The zero-order valence-electron chi connectivity index (χ0n) is 9.97. The second-order valence-corrected chi connectivity index (χ2v) is 3.96. The van der Waals surface area contributed by atoms with Crippen molar-refractivity contribution in [3.63, 3.8) is 0 Å². The van der Waals surface area contributed by atoms with Crippen molar-refractivity contribution in [2.24, 2.45) is 0 Å². The van der Waals surface area contributed by atoms with Crippen molar-refractivity contribution in [2.75, 3.05) is 0 Å². The average Bonchev–Trinajstić information content (AvgIpc) is 2.33. The zero-order valence-corrected chi connectivity index (χ0v) is 9.97. The van der Waals surface area contributed by atoms with E-state index in [4.69, 9.17) is 4.74 Å². The summed E-state index contributed by atoms with van der Waals surface area (Å²) in [4.78, 5) is 4.26. The lowest BCUT2D eigenvalue weighted by Crippen LogP contribution is -2.01. The van der Waals surface area contributed by atoms with E-state index in [0.29, 0.717) is 12.4 Å². The van der Waals surface area contributed by atoms with Crippen LogP contribution >= 0.6 is 0 Å². The highest BCUT2D eigenvalue weighted by atomic mass is 16.5. The Hall–Kier alpha value is -2.03. The molecular weight excluding hydrogens is 214 g/mol. The first kappa shape index (κ1) is 11.5. The molecule has 2 rings (SSSR count). The van der Waals surface area contributed by atoms with Gasteiger partial charge in [0, 0.05) is 11.8 Å². The number of hydrogen-bond acceptors (Lipinski definition) is 3. The predicted molar refractivity (Wildman–Crippen MR) is 66.1 cm³/mol. The molecule has 3 nitrogen and oxygen atoms in total. The van der Waals surface area contributed by atoms with Gasteiger partial charge in [-0.05, 0) is 37.6 Å². The number of aromatic nitrogens is 1. The Morgan fingerprint density at radius 1 is 1.18 bits per heavy atom. The Balaban J connectivity index is 2.13. The minimum atomic E-state index is 0.250. The van der Waals surface area contributed by atoms with Crippen LogP contribution in [0.3, 0.4) is 0 Å². The molecule has 0 aliphatic rings. The van der Waals surface area contributed by atoms with Crippen molar-refractivity contribution in [3.8, 4) is 11.5 Å². The van der Waals surface area contributed by atoms with Gasteiger partial charge in [0.2, 0.25) is 0 Å². The maximum Gasteiger partial charge on any atom is 0.130 e. The number of rotatable bonds is 3. The van der Waals surface area contributed by atoms with E-state index in [-0.39, 0.29) is 5.75 Å². The molecule has 0 spiro atoms. The highest BCUT2D eigenvalue weighted by molar-refractivity contribution is 5.42. The van der Waals surface area contributed by atoms with Crippen LogP contribution in [0.5, 0.6) is 11.5 Å². The van der Waals surface area contributed by atoms with Crippen LogP contribution in [-0.2, 0) is 6.61 Å². The summed E-state index contributed by atoms with van der Waals surface area (Å²) >= 11 is 0. The number of phenolic OH excluding ortho intramolecular Hbond substituents is 1. The molecule has 0 bridgehead atoms. The molecule has 3 heteroatoms. The van der Waals surface area contributed by atoms with E-state index in [2.05, 4.69) is 4.98 Å². The summed E-state index contributed by atoms with van der Waals surface area (Å²) in [7, 11) is 0. The van der Waals surface area contributed by atoms with Crippen molar-refractivity contribution < 1.29 is 9.84 Å². The lowest BCUT2D eigenvalue weighted by molar-refractivity contribution is 0.296. The fourth-order valence-electron chi connectivity index (χ4n) is 1.57. The standard InChI is InChI=1S/C14H15NO2/c1-10-5-4-8-15-12(10)9-17-14-7-3-6-13(16)11(14)2/h3-8,16H,9H2,1-2H3. The number of benzene rings is 1. The Bertz CT molecular complexity index is 523. The molecule has 17 heavy (non-hydrogen) atoms. The lowest BCUT2D eigenvalue weighted by atomic mass is 10.2. The Kier molecular flexibility index (Phi) is 3.28. The minimum absolute atomic E-state index is 0.250. The fraction of sp³-hybridized carbons (Fsp3) is 0.214. The molecule has 0 amide bonds. The lowest BCUT2D eigenvalue weighted by Gasteiger charge is -2.10. The van der Waals surface area contributed by atoms with E-state index in [1.807, 2.05) is 32.0 Å². The molecule has 0 fully saturated rings. The highest BCUT2D eigenvalue weighted by Crippen LogP contribution is 2.26. The molecule has 0 atom stereocenters. The number of aromatic hydroxyl groups is 1. The minimum Gasteiger partial charge on any atom is -0.508 e. The molecule has 1 N–H and O–H groups in total. The number of ether oxygens (including phenoxy) is 1. The average molecular weight is 229 g/mol. The SMILES string of the molecule is Cc1cccnc1COc1cccc(O)c1C. The second-order valence-electron chi connectivity index (χ2n) is 3.96. The van der Waals surface area contributed by atoms with Gasteiger partial charge in [-0.25, -0.2) is 0 Å². The number of pyridine rings is 1. The van der Waals surface area contributed by atoms with Crippen LogP contribution in [0, 0.1) is 13.8 Å². The molecule has 0 aliphatic carbocycles. The highest BCUT2D eigenvalue weighted by Gasteiger charge is 2.05. The number of nitrogens with zero attached hydrogens (tertiary/aromatic N) is 1. The molecule has 0 aliphatic heterocycles. The summed E-state index contributed by atoms with van der Waals surface area (Å²) < 4.78 is 5.66. The Morgan fingerprint density at radius 2 is 2.00 bits per heavy atom. The topological polar surface area (TPSA) is 42.4 Å². The molecule has 1 heterocycles. The molecule has 2 aromatic rings. The predicted octanol–water partition coefficient (Wildman–Crippen LogP) is 2.98. The summed E-state index contributed by atoms with van der Waals surface area (Å²) in [5.74, 6) is 0.940. The van der Waals surface area contributed by atoms with Gasteiger partial charge in [0.25, 0.3) is 0 Å². The molecule has 0 radical (unpaired) electrons. The third kappa shape index (κ3) is 2.56. The molecule has 0 saturated heterocycles.